The summed E-state index contributed by atoms with van der Waals surface area (Å²) in [5.41, 5.74) is -0.828. The molecule has 0 aromatic carbocycles. The van der Waals surface area contributed by atoms with E-state index in [2.05, 4.69) is 16.9 Å². The third-order valence-electron chi connectivity index (χ3n) is 3.30. The summed E-state index contributed by atoms with van der Waals surface area (Å²) in [5, 5.41) is 3.25. The Labute approximate surface area is 111 Å². The van der Waals surface area contributed by atoms with Gasteiger partial charge in [0.1, 0.15) is 5.84 Å². The van der Waals surface area contributed by atoms with Gasteiger partial charge in [0.25, 0.3) is 0 Å². The average Bonchev–Trinajstić information content (AvgIpc) is 2.37. The quantitative estimate of drug-likeness (QED) is 0.487. The number of hydrogen-bond donors (Lipinski definition) is 1. The van der Waals surface area contributed by atoms with Crippen LogP contribution in [0.3, 0.4) is 0 Å². The number of halogens is 3. The van der Waals surface area contributed by atoms with Gasteiger partial charge in [-0.2, -0.15) is 13.2 Å². The molecule has 1 aliphatic rings. The monoisotopic (exact) mass is 275 g/mol. The Bertz CT molecular complexity index is 366. The van der Waals surface area contributed by atoms with Crippen molar-refractivity contribution in [2.24, 2.45) is 4.99 Å². The molecule has 1 heterocycles. The highest BCUT2D eigenvalue weighted by molar-refractivity contribution is 5.80. The number of rotatable bonds is 3. The van der Waals surface area contributed by atoms with E-state index in [-0.39, 0.29) is 0 Å². The summed E-state index contributed by atoms with van der Waals surface area (Å²) in [6, 6.07) is 0.330. The number of alkyl halides is 3. The first kappa shape index (κ1) is 15.8. The fraction of sp³-hybridized carbons (Fsp3) is 0.615. The minimum atomic E-state index is -4.40. The van der Waals surface area contributed by atoms with Crippen LogP contribution in [-0.2, 0) is 0 Å². The minimum absolute atomic E-state index is 0.330. The van der Waals surface area contributed by atoms with Crippen molar-refractivity contribution in [3.05, 3.63) is 24.4 Å². The maximum absolute atomic E-state index is 12.5. The van der Waals surface area contributed by atoms with Gasteiger partial charge in [-0.05, 0) is 32.9 Å². The third-order valence-corrected chi connectivity index (χ3v) is 3.30. The lowest BCUT2D eigenvalue weighted by Crippen LogP contribution is -2.43. The van der Waals surface area contributed by atoms with E-state index in [0.29, 0.717) is 11.9 Å². The van der Waals surface area contributed by atoms with Crippen molar-refractivity contribution in [1.82, 2.24) is 10.2 Å². The van der Waals surface area contributed by atoms with Gasteiger partial charge in [0.2, 0.25) is 0 Å². The predicted octanol–water partition coefficient (Wildman–Crippen LogP) is 2.72. The molecule has 0 aliphatic carbocycles. The van der Waals surface area contributed by atoms with Gasteiger partial charge in [-0.25, -0.2) is 4.99 Å². The molecule has 0 amide bonds. The lowest BCUT2D eigenvalue weighted by atomic mass is 10.1. The van der Waals surface area contributed by atoms with Gasteiger partial charge in [0.15, 0.2) is 0 Å². The number of nitrogens with zero attached hydrogens (tertiary/aromatic N) is 2. The van der Waals surface area contributed by atoms with E-state index in [4.69, 9.17) is 0 Å². The molecule has 0 atom stereocenters. The summed E-state index contributed by atoms with van der Waals surface area (Å²) in [7, 11) is 1.86. The zero-order chi connectivity index (χ0) is 14.5. The topological polar surface area (TPSA) is 27.6 Å². The van der Waals surface area contributed by atoms with Gasteiger partial charge < -0.3 is 10.2 Å². The Morgan fingerprint density at radius 1 is 1.37 bits per heavy atom. The van der Waals surface area contributed by atoms with Crippen LogP contribution >= 0.6 is 0 Å². The number of allylic oxidation sites excluding steroid dienone is 2. The molecule has 0 bridgehead atoms. The first-order valence-electron chi connectivity index (χ1n) is 6.24. The van der Waals surface area contributed by atoms with Crippen molar-refractivity contribution in [2.45, 2.75) is 32.0 Å². The Hall–Kier alpha value is -1.30. The molecule has 0 aromatic rings. The van der Waals surface area contributed by atoms with Crippen LogP contribution in [0.25, 0.3) is 0 Å². The van der Waals surface area contributed by atoms with Crippen molar-refractivity contribution in [1.29, 1.82) is 0 Å². The normalized spacial score (nSPS) is 19.4. The fourth-order valence-corrected chi connectivity index (χ4v) is 1.95. The van der Waals surface area contributed by atoms with Crippen molar-refractivity contribution in [3.8, 4) is 0 Å². The average molecular weight is 275 g/mol. The van der Waals surface area contributed by atoms with E-state index in [9.17, 15) is 13.2 Å². The standard InChI is InChI=1S/C13H20F3N3/c1-4-11(13(14,15)16)9-18-10(2)19(3)12-5-7-17-8-6-12/h4,9,12,17H,1,5-8H2,2-3H3/b11-9+,18-10?. The summed E-state index contributed by atoms with van der Waals surface area (Å²) in [4.78, 5) is 5.84. The van der Waals surface area contributed by atoms with E-state index in [1.165, 1.54) is 0 Å². The Morgan fingerprint density at radius 2 is 1.95 bits per heavy atom. The summed E-state index contributed by atoms with van der Waals surface area (Å²) in [6.45, 7) is 6.74. The molecule has 1 rings (SSSR count). The van der Waals surface area contributed by atoms with Gasteiger partial charge in [0.05, 0.1) is 5.57 Å². The van der Waals surface area contributed by atoms with Crippen LogP contribution in [0, 0.1) is 0 Å². The van der Waals surface area contributed by atoms with Gasteiger partial charge in [-0.15, -0.1) is 0 Å². The number of hydrogen-bond acceptors (Lipinski definition) is 2. The first-order valence-corrected chi connectivity index (χ1v) is 6.24. The van der Waals surface area contributed by atoms with Crippen LogP contribution in [0.4, 0.5) is 13.2 Å². The number of piperidine rings is 1. The van der Waals surface area contributed by atoms with E-state index in [1.54, 1.807) is 6.92 Å². The van der Waals surface area contributed by atoms with E-state index in [1.807, 2.05) is 11.9 Å². The van der Waals surface area contributed by atoms with Crippen molar-refractivity contribution in [2.75, 3.05) is 20.1 Å². The molecule has 0 unspecified atom stereocenters. The molecule has 0 saturated carbocycles. The summed E-state index contributed by atoms with van der Waals surface area (Å²) in [6.07, 6.45) is -0.846. The molecule has 1 fully saturated rings. The molecule has 0 spiro atoms. The summed E-state index contributed by atoms with van der Waals surface area (Å²) in [5.74, 6) is 0.579. The number of nitrogens with one attached hydrogen (secondary N) is 1. The zero-order valence-corrected chi connectivity index (χ0v) is 11.3. The van der Waals surface area contributed by atoms with Crippen molar-refractivity contribution in [3.63, 3.8) is 0 Å². The SMILES string of the molecule is C=C/C(=C\N=C(C)N(C)C1CCNCC1)C(F)(F)F. The summed E-state index contributed by atoms with van der Waals surface area (Å²) >= 11 is 0. The predicted molar refractivity (Wildman–Crippen MR) is 71.1 cm³/mol. The Morgan fingerprint density at radius 3 is 2.42 bits per heavy atom. The molecule has 108 valence electrons. The highest BCUT2D eigenvalue weighted by Gasteiger charge is 2.31. The van der Waals surface area contributed by atoms with E-state index >= 15 is 0 Å². The largest absolute Gasteiger partial charge is 0.417 e. The van der Waals surface area contributed by atoms with E-state index in [0.717, 1.165) is 38.2 Å². The molecular formula is C13H20F3N3. The maximum Gasteiger partial charge on any atom is 0.417 e. The van der Waals surface area contributed by atoms with Crippen LogP contribution in [0.5, 0.6) is 0 Å². The Kier molecular flexibility index (Phi) is 5.60. The van der Waals surface area contributed by atoms with Crippen LogP contribution in [0.2, 0.25) is 0 Å². The van der Waals surface area contributed by atoms with Gasteiger partial charge in [-0.1, -0.05) is 12.7 Å². The van der Waals surface area contributed by atoms with Gasteiger partial charge in [-0.3, -0.25) is 0 Å². The fourth-order valence-electron chi connectivity index (χ4n) is 1.95. The van der Waals surface area contributed by atoms with Crippen LogP contribution in [0.15, 0.2) is 29.4 Å². The zero-order valence-electron chi connectivity index (χ0n) is 11.3. The molecule has 1 saturated heterocycles. The number of aliphatic imine (C=N–C) groups is 1. The third kappa shape index (κ3) is 4.70. The minimum Gasteiger partial charge on any atom is -0.360 e. The van der Waals surface area contributed by atoms with Crippen LogP contribution in [0.1, 0.15) is 19.8 Å². The highest BCUT2D eigenvalue weighted by atomic mass is 19.4. The molecule has 1 aliphatic heterocycles. The molecule has 3 nitrogen and oxygen atoms in total. The second-order valence-corrected chi connectivity index (χ2v) is 4.55. The van der Waals surface area contributed by atoms with Gasteiger partial charge in [0, 0.05) is 19.3 Å². The first-order chi connectivity index (χ1) is 8.86. The highest BCUT2D eigenvalue weighted by Crippen LogP contribution is 2.26. The smallest absolute Gasteiger partial charge is 0.360 e. The van der Waals surface area contributed by atoms with Crippen molar-refractivity contribution < 1.29 is 13.2 Å². The number of amidine groups is 1. The molecule has 0 radical (unpaired) electrons. The van der Waals surface area contributed by atoms with Crippen LogP contribution < -0.4 is 5.32 Å². The Balaban J connectivity index is 2.74. The molecule has 0 aromatic heterocycles. The maximum atomic E-state index is 12.5. The van der Waals surface area contributed by atoms with Crippen molar-refractivity contribution >= 4 is 5.84 Å². The second-order valence-electron chi connectivity index (χ2n) is 4.55. The van der Waals surface area contributed by atoms with E-state index < -0.39 is 11.7 Å². The lowest BCUT2D eigenvalue weighted by Gasteiger charge is -2.32. The lowest BCUT2D eigenvalue weighted by molar-refractivity contribution is -0.0883. The molecule has 1 N–H and O–H groups in total. The van der Waals surface area contributed by atoms with Crippen LogP contribution in [-0.4, -0.2) is 43.1 Å². The molecular weight excluding hydrogens is 255 g/mol. The van der Waals surface area contributed by atoms with Gasteiger partial charge >= 0.3 is 6.18 Å². The summed E-state index contributed by atoms with van der Waals surface area (Å²) < 4.78 is 37.5. The second kappa shape index (κ2) is 6.75. The molecule has 19 heavy (non-hydrogen) atoms. The molecule has 6 heteroatoms.